The maximum absolute atomic E-state index is 12.4. The lowest BCUT2D eigenvalue weighted by molar-refractivity contribution is -0.154. The van der Waals surface area contributed by atoms with Crippen LogP contribution in [0.15, 0.2) is 0 Å². The molecule has 1 fully saturated rings. The predicted octanol–water partition coefficient (Wildman–Crippen LogP) is -0.0633. The third-order valence-electron chi connectivity index (χ3n) is 3.61. The highest BCUT2D eigenvalue weighted by molar-refractivity contribution is 7.90. The van der Waals surface area contributed by atoms with Crippen LogP contribution in [0.25, 0.3) is 0 Å². The topological polar surface area (TPSA) is 83.6 Å². The van der Waals surface area contributed by atoms with Crippen LogP contribution in [-0.2, 0) is 19.4 Å². The van der Waals surface area contributed by atoms with Crippen LogP contribution in [-0.4, -0.2) is 55.3 Å². The van der Waals surface area contributed by atoms with E-state index in [1.807, 2.05) is 6.92 Å². The minimum atomic E-state index is -3.17. The fourth-order valence-electron chi connectivity index (χ4n) is 2.18. The van der Waals surface area contributed by atoms with Gasteiger partial charge in [-0.15, -0.1) is 0 Å². The molecule has 1 N–H and O–H groups in total. The van der Waals surface area contributed by atoms with E-state index >= 15 is 0 Å². The summed E-state index contributed by atoms with van der Waals surface area (Å²) in [4.78, 5) is 25.9. The van der Waals surface area contributed by atoms with Crippen molar-refractivity contribution in [3.63, 3.8) is 0 Å². The van der Waals surface area contributed by atoms with Gasteiger partial charge in [0.15, 0.2) is 0 Å². The molecule has 2 amide bonds. The van der Waals surface area contributed by atoms with Gasteiger partial charge in [0.25, 0.3) is 0 Å². The lowest BCUT2D eigenvalue weighted by Gasteiger charge is -2.43. The third-order valence-corrected chi connectivity index (χ3v) is 4.53. The molecule has 7 heteroatoms. The highest BCUT2D eigenvalue weighted by Gasteiger charge is 2.46. The summed E-state index contributed by atoms with van der Waals surface area (Å²) in [5.74, 6) is -0.535. The van der Waals surface area contributed by atoms with Gasteiger partial charge >= 0.3 is 0 Å². The van der Waals surface area contributed by atoms with Gasteiger partial charge in [-0.25, -0.2) is 8.42 Å². The van der Waals surface area contributed by atoms with Gasteiger partial charge in [0.1, 0.15) is 21.4 Å². The molecule has 1 rings (SSSR count). The Morgan fingerprint density at radius 3 is 2.32 bits per heavy atom. The number of amides is 2. The second kappa shape index (κ2) is 5.48. The van der Waals surface area contributed by atoms with Crippen LogP contribution in [0.2, 0.25) is 0 Å². The number of sulfone groups is 1. The Hall–Kier alpha value is -1.11. The second-order valence-corrected chi connectivity index (χ2v) is 7.49. The lowest BCUT2D eigenvalue weighted by atomic mass is 9.91. The molecule has 110 valence electrons. The van der Waals surface area contributed by atoms with Crippen molar-refractivity contribution in [1.29, 1.82) is 0 Å². The average Bonchev–Trinajstić information content (AvgIpc) is 2.30. The zero-order chi connectivity index (χ0) is 14.8. The first-order valence-electron chi connectivity index (χ1n) is 6.45. The van der Waals surface area contributed by atoms with Crippen molar-refractivity contribution >= 4 is 21.7 Å². The second-order valence-electron chi connectivity index (χ2n) is 5.23. The van der Waals surface area contributed by atoms with Crippen molar-refractivity contribution in [2.24, 2.45) is 0 Å². The maximum Gasteiger partial charge on any atom is 0.248 e. The molecule has 1 saturated heterocycles. The van der Waals surface area contributed by atoms with Crippen LogP contribution in [0.3, 0.4) is 0 Å². The molecular weight excluding hydrogens is 268 g/mol. The number of piperazine rings is 1. The summed E-state index contributed by atoms with van der Waals surface area (Å²) in [5.41, 5.74) is -0.930. The van der Waals surface area contributed by atoms with E-state index in [4.69, 9.17) is 0 Å². The van der Waals surface area contributed by atoms with Crippen LogP contribution in [0, 0.1) is 0 Å². The van der Waals surface area contributed by atoms with Crippen molar-refractivity contribution < 1.29 is 18.0 Å². The summed E-state index contributed by atoms with van der Waals surface area (Å²) in [6.07, 6.45) is 2.08. The Kier molecular flexibility index (Phi) is 4.60. The first-order chi connectivity index (χ1) is 8.64. The van der Waals surface area contributed by atoms with Gasteiger partial charge in [-0.2, -0.15) is 0 Å². The van der Waals surface area contributed by atoms with E-state index in [9.17, 15) is 18.0 Å². The van der Waals surface area contributed by atoms with Crippen molar-refractivity contribution in [3.05, 3.63) is 0 Å². The van der Waals surface area contributed by atoms with Crippen LogP contribution in [0.4, 0.5) is 0 Å². The van der Waals surface area contributed by atoms with Crippen LogP contribution >= 0.6 is 0 Å². The third kappa shape index (κ3) is 3.46. The van der Waals surface area contributed by atoms with Gasteiger partial charge in [0, 0.05) is 12.8 Å². The quantitative estimate of drug-likeness (QED) is 0.768. The number of hydrogen-bond acceptors (Lipinski definition) is 4. The molecule has 0 radical (unpaired) electrons. The molecular formula is C12H22N2O4S. The van der Waals surface area contributed by atoms with Crippen molar-refractivity contribution in [1.82, 2.24) is 10.2 Å². The predicted molar refractivity (Wildman–Crippen MR) is 72.3 cm³/mol. The van der Waals surface area contributed by atoms with E-state index in [-0.39, 0.29) is 24.1 Å². The SMILES string of the molecule is CCC1C(=O)NC(C)(CC)C(=O)N1CCS(C)(=O)=O. The molecule has 0 aromatic carbocycles. The Morgan fingerprint density at radius 1 is 1.32 bits per heavy atom. The van der Waals surface area contributed by atoms with Gasteiger partial charge < -0.3 is 10.2 Å². The van der Waals surface area contributed by atoms with E-state index in [1.165, 1.54) is 4.90 Å². The van der Waals surface area contributed by atoms with Crippen molar-refractivity contribution in [3.8, 4) is 0 Å². The van der Waals surface area contributed by atoms with Crippen molar-refractivity contribution in [2.45, 2.75) is 45.2 Å². The molecule has 2 atom stereocenters. The summed E-state index contributed by atoms with van der Waals surface area (Å²) >= 11 is 0. The minimum Gasteiger partial charge on any atom is -0.340 e. The molecule has 2 unspecified atom stereocenters. The number of carbonyl (C=O) groups is 2. The molecule has 0 spiro atoms. The first-order valence-corrected chi connectivity index (χ1v) is 8.51. The molecule has 6 nitrogen and oxygen atoms in total. The summed E-state index contributed by atoms with van der Waals surface area (Å²) < 4.78 is 22.5. The fraction of sp³-hybridized carbons (Fsp3) is 0.833. The lowest BCUT2D eigenvalue weighted by Crippen LogP contribution is -2.69. The van der Waals surface area contributed by atoms with E-state index in [1.54, 1.807) is 13.8 Å². The standard InChI is InChI=1S/C12H22N2O4S/c1-5-9-10(15)13-12(3,6-2)11(16)14(9)7-8-19(4,17)18/h9H,5-8H2,1-4H3,(H,13,15). The Balaban J connectivity index is 3.00. The summed E-state index contributed by atoms with van der Waals surface area (Å²) in [6, 6.07) is -0.575. The number of nitrogens with one attached hydrogen (secondary N) is 1. The molecule has 1 heterocycles. The number of carbonyl (C=O) groups excluding carboxylic acids is 2. The Morgan fingerprint density at radius 2 is 1.89 bits per heavy atom. The Bertz CT molecular complexity index is 474. The van der Waals surface area contributed by atoms with Gasteiger partial charge in [-0.1, -0.05) is 13.8 Å². The maximum atomic E-state index is 12.4. The van der Waals surface area contributed by atoms with Gasteiger partial charge in [0.2, 0.25) is 11.8 Å². The zero-order valence-electron chi connectivity index (χ0n) is 11.9. The van der Waals surface area contributed by atoms with E-state index in [2.05, 4.69) is 5.32 Å². The molecule has 0 saturated carbocycles. The van der Waals surface area contributed by atoms with Gasteiger partial charge in [-0.3, -0.25) is 9.59 Å². The minimum absolute atomic E-state index is 0.0686. The Labute approximate surface area is 114 Å². The molecule has 0 aliphatic carbocycles. The molecule has 0 aromatic rings. The number of nitrogens with zero attached hydrogens (tertiary/aromatic N) is 1. The number of rotatable bonds is 5. The van der Waals surface area contributed by atoms with Crippen LogP contribution in [0.5, 0.6) is 0 Å². The normalized spacial score (nSPS) is 28.4. The summed E-state index contributed by atoms with van der Waals surface area (Å²) in [5, 5.41) is 2.74. The largest absolute Gasteiger partial charge is 0.340 e. The van der Waals surface area contributed by atoms with E-state index < -0.39 is 21.4 Å². The molecule has 1 aliphatic heterocycles. The average molecular weight is 290 g/mol. The molecule has 0 bridgehead atoms. The van der Waals surface area contributed by atoms with Crippen molar-refractivity contribution in [2.75, 3.05) is 18.6 Å². The molecule has 0 aromatic heterocycles. The zero-order valence-corrected chi connectivity index (χ0v) is 12.7. The summed E-state index contributed by atoms with van der Waals surface area (Å²) in [7, 11) is -3.17. The van der Waals surface area contributed by atoms with Crippen LogP contribution < -0.4 is 5.32 Å². The highest BCUT2D eigenvalue weighted by atomic mass is 32.2. The van der Waals surface area contributed by atoms with Gasteiger partial charge in [-0.05, 0) is 19.8 Å². The van der Waals surface area contributed by atoms with E-state index in [0.717, 1.165) is 6.26 Å². The molecule has 19 heavy (non-hydrogen) atoms. The first kappa shape index (κ1) is 15.9. The van der Waals surface area contributed by atoms with Crippen LogP contribution in [0.1, 0.15) is 33.6 Å². The van der Waals surface area contributed by atoms with Gasteiger partial charge in [0.05, 0.1) is 5.75 Å². The molecule has 1 aliphatic rings. The smallest absolute Gasteiger partial charge is 0.248 e. The summed E-state index contributed by atoms with van der Waals surface area (Å²) in [6.45, 7) is 5.37. The fourth-order valence-corrected chi connectivity index (χ4v) is 2.70. The number of hydrogen-bond donors (Lipinski definition) is 1. The monoisotopic (exact) mass is 290 g/mol. The highest BCUT2D eigenvalue weighted by Crippen LogP contribution is 2.22. The van der Waals surface area contributed by atoms with E-state index in [0.29, 0.717) is 12.8 Å².